The summed E-state index contributed by atoms with van der Waals surface area (Å²) in [4.78, 5) is 27.9. The van der Waals surface area contributed by atoms with Gasteiger partial charge in [-0.1, -0.05) is 20.3 Å². The molecule has 0 bridgehead atoms. The van der Waals surface area contributed by atoms with Gasteiger partial charge >= 0.3 is 0 Å². The molecule has 1 rings (SSSR count). The van der Waals surface area contributed by atoms with Crippen LogP contribution in [-0.4, -0.2) is 29.9 Å². The van der Waals surface area contributed by atoms with E-state index in [0.29, 0.717) is 0 Å². The molecule has 0 aromatic carbocycles. The lowest BCUT2D eigenvalue weighted by molar-refractivity contribution is 0.0825. The summed E-state index contributed by atoms with van der Waals surface area (Å²) < 4.78 is 0. The number of carbonyl (C=O) groups excluding carboxylic acids is 1. The number of nitrogens with one attached hydrogen (secondary N) is 1. The van der Waals surface area contributed by atoms with E-state index in [1.165, 1.54) is 4.90 Å². The lowest BCUT2D eigenvalue weighted by atomic mass is 10.0. The Morgan fingerprint density at radius 1 is 1.35 bits per heavy atom. The minimum atomic E-state index is -0.288. The number of nitrogens with zero attached hydrogens (tertiary/aromatic N) is 1. The zero-order chi connectivity index (χ0) is 13.0. The van der Waals surface area contributed by atoms with Crippen LogP contribution in [0, 0.1) is 0 Å². The third-order valence-corrected chi connectivity index (χ3v) is 2.73. The average molecular weight is 236 g/mol. The molecule has 0 aliphatic heterocycles. The zero-order valence-electron chi connectivity index (χ0n) is 11.0. The second-order valence-electron chi connectivity index (χ2n) is 4.32. The predicted octanol–water partition coefficient (Wildman–Crippen LogP) is 1.59. The van der Waals surface area contributed by atoms with Gasteiger partial charge in [-0.2, -0.15) is 0 Å². The fourth-order valence-electron chi connectivity index (χ4n) is 1.80. The molecule has 0 saturated heterocycles. The molecule has 0 atom stereocenters. The second kappa shape index (κ2) is 5.66. The van der Waals surface area contributed by atoms with Crippen molar-refractivity contribution in [3.63, 3.8) is 0 Å². The van der Waals surface area contributed by atoms with E-state index in [0.717, 1.165) is 30.5 Å². The third-order valence-electron chi connectivity index (χ3n) is 2.73. The van der Waals surface area contributed by atoms with Crippen molar-refractivity contribution in [1.29, 1.82) is 0 Å². The molecule has 0 aliphatic carbocycles. The molecule has 4 nitrogen and oxygen atoms in total. The molecule has 0 fully saturated rings. The predicted molar refractivity (Wildman–Crippen MR) is 68.5 cm³/mol. The maximum absolute atomic E-state index is 11.8. The molecule has 1 heterocycles. The number of aromatic nitrogens is 1. The average Bonchev–Trinajstić information content (AvgIpc) is 2.29. The summed E-state index contributed by atoms with van der Waals surface area (Å²) in [6, 6.07) is 1.73. The van der Waals surface area contributed by atoms with Gasteiger partial charge in [-0.3, -0.25) is 9.59 Å². The Balaban J connectivity index is 3.27. The van der Waals surface area contributed by atoms with E-state index >= 15 is 0 Å². The van der Waals surface area contributed by atoms with Crippen LogP contribution in [0.2, 0.25) is 0 Å². The first-order valence-electron chi connectivity index (χ1n) is 5.97. The van der Waals surface area contributed by atoms with Gasteiger partial charge in [-0.15, -0.1) is 0 Å². The number of hydrogen-bond donors (Lipinski definition) is 1. The summed E-state index contributed by atoms with van der Waals surface area (Å²) >= 11 is 0. The molecule has 1 N–H and O–H groups in total. The van der Waals surface area contributed by atoms with Crippen LogP contribution in [0.4, 0.5) is 0 Å². The monoisotopic (exact) mass is 236 g/mol. The summed E-state index contributed by atoms with van der Waals surface area (Å²) in [7, 11) is 3.29. The number of aryl methyl sites for hydroxylation is 2. The molecular weight excluding hydrogens is 216 g/mol. The number of amides is 1. The second-order valence-corrected chi connectivity index (χ2v) is 4.32. The van der Waals surface area contributed by atoms with E-state index < -0.39 is 0 Å². The Morgan fingerprint density at radius 2 is 2.00 bits per heavy atom. The molecule has 1 amide bonds. The van der Waals surface area contributed by atoms with Gasteiger partial charge in [0.2, 0.25) is 0 Å². The molecule has 1 aromatic heterocycles. The summed E-state index contributed by atoms with van der Waals surface area (Å²) in [6.07, 6.45) is 2.64. The number of hydrogen-bond acceptors (Lipinski definition) is 2. The fraction of sp³-hybridized carbons (Fsp3) is 0.538. The molecule has 1 aromatic rings. The van der Waals surface area contributed by atoms with E-state index in [4.69, 9.17) is 0 Å². The minimum absolute atomic E-state index is 0.228. The van der Waals surface area contributed by atoms with Crippen molar-refractivity contribution in [2.75, 3.05) is 14.1 Å². The summed E-state index contributed by atoms with van der Waals surface area (Å²) in [5.74, 6) is -0.246. The molecule has 0 spiro atoms. The lowest BCUT2D eigenvalue weighted by Gasteiger charge is -2.12. The molecule has 17 heavy (non-hydrogen) atoms. The van der Waals surface area contributed by atoms with Gasteiger partial charge in [0.1, 0.15) is 5.56 Å². The van der Waals surface area contributed by atoms with Crippen LogP contribution in [0.5, 0.6) is 0 Å². The highest BCUT2D eigenvalue weighted by Crippen LogP contribution is 2.10. The first-order valence-corrected chi connectivity index (χ1v) is 5.97. The topological polar surface area (TPSA) is 53.2 Å². The Kier molecular flexibility index (Phi) is 4.49. The van der Waals surface area contributed by atoms with Gasteiger partial charge in [0, 0.05) is 19.8 Å². The van der Waals surface area contributed by atoms with E-state index in [-0.39, 0.29) is 17.0 Å². The van der Waals surface area contributed by atoms with E-state index in [2.05, 4.69) is 11.9 Å². The van der Waals surface area contributed by atoms with Crippen LogP contribution in [0.1, 0.15) is 41.9 Å². The van der Waals surface area contributed by atoms with Gasteiger partial charge in [-0.05, 0) is 24.5 Å². The molecule has 0 radical (unpaired) electrons. The summed E-state index contributed by atoms with van der Waals surface area (Å²) in [5, 5.41) is 0. The molecular formula is C13H20N2O2. The van der Waals surface area contributed by atoms with Gasteiger partial charge < -0.3 is 9.88 Å². The van der Waals surface area contributed by atoms with Crippen molar-refractivity contribution < 1.29 is 4.79 Å². The Hall–Kier alpha value is -1.58. The van der Waals surface area contributed by atoms with Crippen LogP contribution in [0.25, 0.3) is 0 Å². The van der Waals surface area contributed by atoms with E-state index in [9.17, 15) is 9.59 Å². The van der Waals surface area contributed by atoms with Gasteiger partial charge in [0.15, 0.2) is 0 Å². The quantitative estimate of drug-likeness (QED) is 0.863. The van der Waals surface area contributed by atoms with Crippen molar-refractivity contribution in [3.8, 4) is 0 Å². The van der Waals surface area contributed by atoms with Gasteiger partial charge in [0.05, 0.1) is 0 Å². The fourth-order valence-corrected chi connectivity index (χ4v) is 1.80. The summed E-state index contributed by atoms with van der Waals surface area (Å²) in [5.41, 5.74) is 1.95. The lowest BCUT2D eigenvalue weighted by Crippen LogP contribution is -2.29. The van der Waals surface area contributed by atoms with Crippen molar-refractivity contribution in [2.24, 2.45) is 0 Å². The van der Waals surface area contributed by atoms with E-state index in [1.807, 2.05) is 6.92 Å². The standard InChI is InChI=1S/C13H20N2O2/c1-5-7-11-9(6-2)8-10(12(16)14-11)13(17)15(3)4/h8H,5-7H2,1-4H3,(H,14,16). The third kappa shape index (κ3) is 2.96. The van der Waals surface area contributed by atoms with Crippen molar-refractivity contribution in [2.45, 2.75) is 33.1 Å². The van der Waals surface area contributed by atoms with Gasteiger partial charge in [0.25, 0.3) is 11.5 Å². The normalized spacial score (nSPS) is 10.4. The maximum Gasteiger partial charge on any atom is 0.261 e. The molecule has 0 aliphatic rings. The largest absolute Gasteiger partial charge is 0.345 e. The maximum atomic E-state index is 11.8. The number of rotatable bonds is 4. The van der Waals surface area contributed by atoms with Crippen molar-refractivity contribution >= 4 is 5.91 Å². The number of H-pyrrole nitrogens is 1. The number of carbonyl (C=O) groups is 1. The Morgan fingerprint density at radius 3 is 2.47 bits per heavy atom. The van der Waals surface area contributed by atoms with E-state index in [1.54, 1.807) is 20.2 Å². The molecule has 0 saturated carbocycles. The van der Waals surface area contributed by atoms with Crippen LogP contribution in [-0.2, 0) is 12.8 Å². The first-order chi connectivity index (χ1) is 8.01. The molecule has 4 heteroatoms. The van der Waals surface area contributed by atoms with Crippen molar-refractivity contribution in [1.82, 2.24) is 9.88 Å². The van der Waals surface area contributed by atoms with Crippen LogP contribution >= 0.6 is 0 Å². The smallest absolute Gasteiger partial charge is 0.261 e. The summed E-state index contributed by atoms with van der Waals surface area (Å²) in [6.45, 7) is 4.09. The number of aromatic amines is 1. The highest BCUT2D eigenvalue weighted by Gasteiger charge is 2.15. The Bertz CT molecular complexity index is 461. The zero-order valence-corrected chi connectivity index (χ0v) is 11.0. The highest BCUT2D eigenvalue weighted by molar-refractivity contribution is 5.93. The molecule has 0 unspecified atom stereocenters. The van der Waals surface area contributed by atoms with Gasteiger partial charge in [-0.25, -0.2) is 0 Å². The van der Waals surface area contributed by atoms with Crippen LogP contribution in [0.15, 0.2) is 10.9 Å². The Labute approximate surface area is 102 Å². The number of pyridine rings is 1. The minimum Gasteiger partial charge on any atom is -0.345 e. The highest BCUT2D eigenvalue weighted by atomic mass is 16.2. The molecule has 94 valence electrons. The first kappa shape index (κ1) is 13.5. The van der Waals surface area contributed by atoms with Crippen LogP contribution in [0.3, 0.4) is 0 Å². The SMILES string of the molecule is CCCc1[nH]c(=O)c(C(=O)N(C)C)cc1CC. The van der Waals surface area contributed by atoms with Crippen molar-refractivity contribution in [3.05, 3.63) is 33.2 Å². The van der Waals surface area contributed by atoms with Crippen LogP contribution < -0.4 is 5.56 Å².